The molecule has 29 heavy (non-hydrogen) atoms. The highest BCUT2D eigenvalue weighted by molar-refractivity contribution is 5.32. The highest BCUT2D eigenvalue weighted by Crippen LogP contribution is 2.34. The number of aryl methyl sites for hydroxylation is 1. The Kier molecular flexibility index (Phi) is 7.33. The van der Waals surface area contributed by atoms with Gasteiger partial charge in [-0.15, -0.1) is 0 Å². The van der Waals surface area contributed by atoms with Crippen LogP contribution in [0.2, 0.25) is 0 Å². The van der Waals surface area contributed by atoms with Gasteiger partial charge in [0.25, 0.3) is 0 Å². The van der Waals surface area contributed by atoms with E-state index in [1.807, 2.05) is 18.2 Å². The van der Waals surface area contributed by atoms with Gasteiger partial charge in [-0.1, -0.05) is 54.6 Å². The van der Waals surface area contributed by atoms with Crippen molar-refractivity contribution < 1.29 is 9.84 Å². The summed E-state index contributed by atoms with van der Waals surface area (Å²) in [5.74, 6) is 0. The van der Waals surface area contributed by atoms with Crippen LogP contribution in [0.1, 0.15) is 42.0 Å². The summed E-state index contributed by atoms with van der Waals surface area (Å²) in [6, 6.07) is 19.7. The Morgan fingerprint density at radius 1 is 0.931 bits per heavy atom. The fourth-order valence-corrected chi connectivity index (χ4v) is 4.83. The van der Waals surface area contributed by atoms with Gasteiger partial charge >= 0.3 is 0 Å². The van der Waals surface area contributed by atoms with Gasteiger partial charge in [0.15, 0.2) is 0 Å². The minimum atomic E-state index is -0.430. The lowest BCUT2D eigenvalue weighted by Crippen LogP contribution is -2.38. The zero-order chi connectivity index (χ0) is 19.9. The number of β-amino-alcohol motifs (C(OH)–C–C–N with tert-alkyl or cyclic N) is 1. The van der Waals surface area contributed by atoms with Gasteiger partial charge in [-0.05, 0) is 48.9 Å². The molecule has 0 saturated carbocycles. The Morgan fingerprint density at radius 2 is 1.76 bits per heavy atom. The summed E-state index contributed by atoms with van der Waals surface area (Å²) >= 11 is 0. The van der Waals surface area contributed by atoms with Crippen LogP contribution in [-0.2, 0) is 17.8 Å². The molecule has 2 aliphatic rings. The molecule has 2 aromatic carbocycles. The molecule has 4 rings (SSSR count). The minimum Gasteiger partial charge on any atom is -0.389 e. The molecule has 0 amide bonds. The molecule has 1 heterocycles. The van der Waals surface area contributed by atoms with E-state index in [0.29, 0.717) is 25.8 Å². The summed E-state index contributed by atoms with van der Waals surface area (Å²) in [4.78, 5) is 5.08. The Morgan fingerprint density at radius 3 is 2.66 bits per heavy atom. The summed E-state index contributed by atoms with van der Waals surface area (Å²) in [5.41, 5.74) is 4.23. The second-order valence-corrected chi connectivity index (χ2v) is 8.45. The number of nitrogens with zero attached hydrogens (tertiary/aromatic N) is 2. The molecule has 4 heteroatoms. The number of fused-ring (bicyclic) bond motifs is 1. The average Bonchev–Trinajstić information content (AvgIpc) is 2.99. The Balaban J connectivity index is 1.24. The third kappa shape index (κ3) is 5.67. The largest absolute Gasteiger partial charge is 0.389 e. The third-order valence-corrected chi connectivity index (χ3v) is 6.29. The summed E-state index contributed by atoms with van der Waals surface area (Å²) in [5, 5.41) is 10.4. The van der Waals surface area contributed by atoms with E-state index in [9.17, 15) is 5.11 Å². The number of aliphatic hydroxyl groups is 1. The quantitative estimate of drug-likeness (QED) is 0.778. The first-order chi connectivity index (χ1) is 14.3. The van der Waals surface area contributed by atoms with E-state index in [4.69, 9.17) is 4.74 Å². The van der Waals surface area contributed by atoms with Crippen molar-refractivity contribution in [3.63, 3.8) is 0 Å². The van der Waals surface area contributed by atoms with E-state index >= 15 is 0 Å². The number of aliphatic hydroxyl groups excluding tert-OH is 1. The van der Waals surface area contributed by atoms with Gasteiger partial charge in [-0.25, -0.2) is 0 Å². The summed E-state index contributed by atoms with van der Waals surface area (Å²) in [6.45, 7) is 5.96. The molecule has 0 radical (unpaired) electrons. The van der Waals surface area contributed by atoms with Gasteiger partial charge in [-0.3, -0.25) is 9.80 Å². The number of hydrogen-bond donors (Lipinski definition) is 1. The van der Waals surface area contributed by atoms with Crippen LogP contribution in [-0.4, -0.2) is 60.3 Å². The zero-order valence-corrected chi connectivity index (χ0v) is 17.4. The van der Waals surface area contributed by atoms with Crippen molar-refractivity contribution in [2.45, 2.75) is 44.4 Å². The van der Waals surface area contributed by atoms with Crippen LogP contribution in [0.15, 0.2) is 54.6 Å². The van der Waals surface area contributed by atoms with Crippen molar-refractivity contribution in [2.24, 2.45) is 0 Å². The van der Waals surface area contributed by atoms with E-state index in [1.165, 1.54) is 24.8 Å². The molecule has 1 aliphatic carbocycles. The smallest absolute Gasteiger partial charge is 0.0900 e. The topological polar surface area (TPSA) is 35.9 Å². The maximum Gasteiger partial charge on any atom is 0.0900 e. The first-order valence-electron chi connectivity index (χ1n) is 11.1. The molecule has 1 aliphatic heterocycles. The molecule has 1 N–H and O–H groups in total. The predicted octanol–water partition coefficient (Wildman–Crippen LogP) is 3.65. The highest BCUT2D eigenvalue weighted by Gasteiger charge is 2.27. The lowest BCUT2D eigenvalue weighted by Gasteiger charge is -2.35. The van der Waals surface area contributed by atoms with Gasteiger partial charge in [-0.2, -0.15) is 0 Å². The number of hydrogen-bond acceptors (Lipinski definition) is 4. The molecule has 0 bridgehead atoms. The van der Waals surface area contributed by atoms with Crippen molar-refractivity contribution >= 4 is 0 Å². The van der Waals surface area contributed by atoms with E-state index in [0.717, 1.165) is 38.2 Å². The lowest BCUT2D eigenvalue weighted by atomic mass is 9.87. The highest BCUT2D eigenvalue weighted by atomic mass is 16.5. The molecular weight excluding hydrogens is 360 g/mol. The van der Waals surface area contributed by atoms with Gasteiger partial charge in [0, 0.05) is 32.2 Å². The van der Waals surface area contributed by atoms with Crippen molar-refractivity contribution in [1.29, 1.82) is 0 Å². The molecular formula is C25H34N2O2. The summed E-state index contributed by atoms with van der Waals surface area (Å²) in [6.07, 6.45) is 4.52. The second-order valence-electron chi connectivity index (χ2n) is 8.45. The zero-order valence-electron chi connectivity index (χ0n) is 17.4. The SMILES string of the molecule is O[C@H](COCc1ccccc1)CN1CCCN([C@H]2CCCc3ccccc32)CC1. The van der Waals surface area contributed by atoms with Crippen molar-refractivity contribution in [1.82, 2.24) is 9.80 Å². The van der Waals surface area contributed by atoms with Crippen molar-refractivity contribution in [3.05, 3.63) is 71.3 Å². The van der Waals surface area contributed by atoms with Gasteiger partial charge in [0.2, 0.25) is 0 Å². The Bertz CT molecular complexity index is 751. The van der Waals surface area contributed by atoms with Gasteiger partial charge < -0.3 is 9.84 Å². The number of ether oxygens (including phenoxy) is 1. The van der Waals surface area contributed by atoms with E-state index in [2.05, 4.69) is 46.2 Å². The van der Waals surface area contributed by atoms with Crippen LogP contribution in [0.25, 0.3) is 0 Å². The molecule has 1 fully saturated rings. The first kappa shape index (κ1) is 20.5. The van der Waals surface area contributed by atoms with Crippen LogP contribution >= 0.6 is 0 Å². The maximum absolute atomic E-state index is 10.4. The van der Waals surface area contributed by atoms with Crippen LogP contribution in [0, 0.1) is 0 Å². The predicted molar refractivity (Wildman–Crippen MR) is 117 cm³/mol. The molecule has 0 aromatic heterocycles. The van der Waals surface area contributed by atoms with Crippen molar-refractivity contribution in [3.8, 4) is 0 Å². The molecule has 2 atom stereocenters. The Hall–Kier alpha value is -1.72. The molecule has 0 unspecified atom stereocenters. The standard InChI is InChI=1S/C25H34N2O2/c28-23(20-29-19-21-8-2-1-3-9-21)18-26-14-7-15-27(17-16-26)25-13-6-11-22-10-4-5-12-24(22)25/h1-5,8-10,12,23,25,28H,6-7,11,13-20H2/t23-,25-/m0/s1. The van der Waals surface area contributed by atoms with Crippen LogP contribution in [0.5, 0.6) is 0 Å². The van der Waals surface area contributed by atoms with Crippen molar-refractivity contribution in [2.75, 3.05) is 39.3 Å². The summed E-state index contributed by atoms with van der Waals surface area (Å²) in [7, 11) is 0. The molecule has 2 aromatic rings. The monoisotopic (exact) mass is 394 g/mol. The first-order valence-corrected chi connectivity index (χ1v) is 11.1. The maximum atomic E-state index is 10.4. The summed E-state index contributed by atoms with van der Waals surface area (Å²) < 4.78 is 5.72. The van der Waals surface area contributed by atoms with Crippen LogP contribution in [0.3, 0.4) is 0 Å². The van der Waals surface area contributed by atoms with Gasteiger partial charge in [0.05, 0.1) is 19.3 Å². The fourth-order valence-electron chi connectivity index (χ4n) is 4.83. The minimum absolute atomic E-state index is 0.394. The molecule has 4 nitrogen and oxygen atoms in total. The van der Waals surface area contributed by atoms with E-state index in [1.54, 1.807) is 5.56 Å². The number of rotatable bonds is 7. The average molecular weight is 395 g/mol. The molecule has 156 valence electrons. The lowest BCUT2D eigenvalue weighted by molar-refractivity contribution is 0.0103. The van der Waals surface area contributed by atoms with Crippen LogP contribution < -0.4 is 0 Å². The van der Waals surface area contributed by atoms with E-state index in [-0.39, 0.29) is 0 Å². The normalized spacial score (nSPS) is 22.0. The molecule has 1 saturated heterocycles. The Labute approximate surface area is 175 Å². The fraction of sp³-hybridized carbons (Fsp3) is 0.520. The van der Waals surface area contributed by atoms with E-state index < -0.39 is 6.10 Å². The number of benzene rings is 2. The molecule has 0 spiro atoms. The second kappa shape index (κ2) is 10.4. The third-order valence-electron chi connectivity index (χ3n) is 6.29. The van der Waals surface area contributed by atoms with Gasteiger partial charge in [0.1, 0.15) is 0 Å². The van der Waals surface area contributed by atoms with Crippen LogP contribution in [0.4, 0.5) is 0 Å².